The summed E-state index contributed by atoms with van der Waals surface area (Å²) in [5.74, 6) is 0. The number of aromatic nitrogens is 1. The number of sulfonamides is 1. The molecule has 7 heteroatoms. The molecule has 1 aromatic carbocycles. The van der Waals surface area contributed by atoms with E-state index in [1.165, 1.54) is 18.3 Å². The summed E-state index contributed by atoms with van der Waals surface area (Å²) in [6.07, 6.45) is 1.97. The van der Waals surface area contributed by atoms with Gasteiger partial charge in [-0.05, 0) is 24.1 Å². The van der Waals surface area contributed by atoms with Crippen LogP contribution < -0.4 is 10.0 Å². The van der Waals surface area contributed by atoms with Gasteiger partial charge in [0.2, 0.25) is 0 Å². The van der Waals surface area contributed by atoms with Crippen molar-refractivity contribution < 1.29 is 13.2 Å². The predicted octanol–water partition coefficient (Wildman–Crippen LogP) is 1.31. The average molecular weight is 305 g/mol. The number of amides is 2. The minimum absolute atomic E-state index is 0.191. The first kappa shape index (κ1) is 15.0. The second-order valence-electron chi connectivity index (χ2n) is 4.26. The molecular weight excluding hydrogens is 290 g/mol. The summed E-state index contributed by atoms with van der Waals surface area (Å²) in [4.78, 5) is 15.3. The fourth-order valence-electron chi connectivity index (χ4n) is 1.68. The van der Waals surface area contributed by atoms with Crippen LogP contribution in [0.2, 0.25) is 0 Å². The Hall–Kier alpha value is -2.41. The monoisotopic (exact) mass is 305 g/mol. The summed E-state index contributed by atoms with van der Waals surface area (Å²) in [5.41, 5.74) is 1.06. The predicted molar refractivity (Wildman–Crippen MR) is 78.1 cm³/mol. The summed E-state index contributed by atoms with van der Waals surface area (Å²) in [5, 5.41) is 2.31. The molecule has 0 aliphatic heterocycles. The van der Waals surface area contributed by atoms with Crippen LogP contribution in [0.15, 0.2) is 59.8 Å². The molecule has 0 bridgehead atoms. The van der Waals surface area contributed by atoms with E-state index in [2.05, 4.69) is 10.3 Å². The molecule has 2 N–H and O–H groups in total. The van der Waals surface area contributed by atoms with E-state index in [1.807, 2.05) is 35.1 Å². The lowest BCUT2D eigenvalue weighted by molar-refractivity contribution is 0.246. The summed E-state index contributed by atoms with van der Waals surface area (Å²) in [7, 11) is -3.93. The lowest BCUT2D eigenvalue weighted by atomic mass is 10.1. The molecule has 0 saturated heterocycles. The Kier molecular flexibility index (Phi) is 4.89. The Bertz CT molecular complexity index is 688. The number of urea groups is 1. The summed E-state index contributed by atoms with van der Waals surface area (Å²) in [6, 6.07) is 13.3. The van der Waals surface area contributed by atoms with E-state index in [0.29, 0.717) is 13.0 Å². The molecule has 2 aromatic rings. The lowest BCUT2D eigenvalue weighted by Gasteiger charge is -2.08. The minimum atomic E-state index is -3.93. The normalized spacial score (nSPS) is 10.9. The van der Waals surface area contributed by atoms with Gasteiger partial charge >= 0.3 is 6.03 Å². The highest BCUT2D eigenvalue weighted by molar-refractivity contribution is 7.90. The first-order valence-electron chi connectivity index (χ1n) is 6.33. The van der Waals surface area contributed by atoms with Gasteiger partial charge in [0.15, 0.2) is 5.03 Å². The Morgan fingerprint density at radius 3 is 2.43 bits per heavy atom. The van der Waals surface area contributed by atoms with Crippen molar-refractivity contribution in [2.75, 3.05) is 6.54 Å². The van der Waals surface area contributed by atoms with Crippen molar-refractivity contribution in [1.82, 2.24) is 15.0 Å². The second kappa shape index (κ2) is 6.85. The Morgan fingerprint density at radius 2 is 1.76 bits per heavy atom. The van der Waals surface area contributed by atoms with Crippen LogP contribution in [0.1, 0.15) is 5.56 Å². The van der Waals surface area contributed by atoms with E-state index < -0.39 is 16.1 Å². The van der Waals surface area contributed by atoms with Gasteiger partial charge in [-0.2, -0.15) is 8.42 Å². The number of benzene rings is 1. The maximum Gasteiger partial charge on any atom is 0.328 e. The Balaban J connectivity index is 1.85. The number of hydrogen-bond donors (Lipinski definition) is 2. The third kappa shape index (κ3) is 4.57. The van der Waals surface area contributed by atoms with Gasteiger partial charge in [0, 0.05) is 12.7 Å². The summed E-state index contributed by atoms with van der Waals surface area (Å²) < 4.78 is 25.6. The van der Waals surface area contributed by atoms with Crippen LogP contribution in [-0.2, 0) is 16.4 Å². The van der Waals surface area contributed by atoms with Crippen molar-refractivity contribution in [2.45, 2.75) is 11.4 Å². The molecule has 0 aliphatic carbocycles. The third-order valence-electron chi connectivity index (χ3n) is 2.68. The van der Waals surface area contributed by atoms with Crippen molar-refractivity contribution >= 4 is 16.1 Å². The molecule has 0 saturated carbocycles. The zero-order chi connectivity index (χ0) is 15.1. The highest BCUT2D eigenvalue weighted by Crippen LogP contribution is 2.02. The lowest BCUT2D eigenvalue weighted by Crippen LogP contribution is -2.40. The standard InChI is InChI=1S/C14H15N3O3S/c18-14(16-11-9-12-6-2-1-3-7-12)17-21(19,20)13-8-4-5-10-15-13/h1-8,10H,9,11H2,(H2,16,17,18). The zero-order valence-electron chi connectivity index (χ0n) is 11.2. The van der Waals surface area contributed by atoms with Gasteiger partial charge < -0.3 is 5.32 Å². The SMILES string of the molecule is O=C(NCCc1ccccc1)NS(=O)(=O)c1ccccn1. The smallest absolute Gasteiger partial charge is 0.328 e. The first-order chi connectivity index (χ1) is 10.1. The van der Waals surface area contributed by atoms with E-state index in [4.69, 9.17) is 0 Å². The molecule has 1 heterocycles. The molecule has 0 radical (unpaired) electrons. The highest BCUT2D eigenvalue weighted by atomic mass is 32.2. The zero-order valence-corrected chi connectivity index (χ0v) is 12.0. The molecule has 2 amide bonds. The highest BCUT2D eigenvalue weighted by Gasteiger charge is 2.17. The molecule has 2 rings (SSSR count). The number of pyridine rings is 1. The van der Waals surface area contributed by atoms with E-state index in [9.17, 15) is 13.2 Å². The van der Waals surface area contributed by atoms with E-state index >= 15 is 0 Å². The van der Waals surface area contributed by atoms with Gasteiger partial charge in [0.1, 0.15) is 0 Å². The van der Waals surface area contributed by atoms with Crippen molar-refractivity contribution in [1.29, 1.82) is 0 Å². The molecule has 110 valence electrons. The quantitative estimate of drug-likeness (QED) is 0.872. The number of rotatable bonds is 5. The van der Waals surface area contributed by atoms with Gasteiger partial charge in [-0.3, -0.25) is 0 Å². The van der Waals surface area contributed by atoms with Crippen LogP contribution in [0.3, 0.4) is 0 Å². The van der Waals surface area contributed by atoms with Crippen LogP contribution >= 0.6 is 0 Å². The number of nitrogens with zero attached hydrogens (tertiary/aromatic N) is 1. The maximum atomic E-state index is 11.8. The number of carbonyl (C=O) groups excluding carboxylic acids is 1. The van der Waals surface area contributed by atoms with Crippen LogP contribution in [-0.4, -0.2) is 26.0 Å². The van der Waals surface area contributed by atoms with Crippen LogP contribution in [0.5, 0.6) is 0 Å². The second-order valence-corrected chi connectivity index (χ2v) is 5.89. The topological polar surface area (TPSA) is 88.2 Å². The van der Waals surface area contributed by atoms with Crippen molar-refractivity contribution in [3.63, 3.8) is 0 Å². The van der Waals surface area contributed by atoms with Crippen LogP contribution in [0.4, 0.5) is 4.79 Å². The molecule has 0 aliphatic rings. The fraction of sp³-hybridized carbons (Fsp3) is 0.143. The summed E-state index contributed by atoms with van der Waals surface area (Å²) >= 11 is 0. The number of nitrogens with one attached hydrogen (secondary N) is 2. The van der Waals surface area contributed by atoms with Crippen molar-refractivity contribution in [2.24, 2.45) is 0 Å². The van der Waals surface area contributed by atoms with Crippen LogP contribution in [0.25, 0.3) is 0 Å². The van der Waals surface area contributed by atoms with Crippen molar-refractivity contribution in [3.05, 3.63) is 60.3 Å². The molecule has 0 fully saturated rings. The van der Waals surface area contributed by atoms with E-state index in [-0.39, 0.29) is 5.03 Å². The molecule has 0 spiro atoms. The minimum Gasteiger partial charge on any atom is -0.337 e. The summed E-state index contributed by atoms with van der Waals surface area (Å²) in [6.45, 7) is 0.341. The fourth-order valence-corrected chi connectivity index (χ4v) is 2.56. The third-order valence-corrected chi connectivity index (χ3v) is 3.93. The van der Waals surface area contributed by atoms with E-state index in [0.717, 1.165) is 5.56 Å². The van der Waals surface area contributed by atoms with Gasteiger partial charge in [0.05, 0.1) is 0 Å². The average Bonchev–Trinajstić information content (AvgIpc) is 2.49. The first-order valence-corrected chi connectivity index (χ1v) is 7.82. The van der Waals surface area contributed by atoms with E-state index in [1.54, 1.807) is 6.07 Å². The maximum absolute atomic E-state index is 11.8. The van der Waals surface area contributed by atoms with Crippen LogP contribution in [0, 0.1) is 0 Å². The molecule has 0 atom stereocenters. The molecule has 21 heavy (non-hydrogen) atoms. The molecule has 6 nitrogen and oxygen atoms in total. The largest absolute Gasteiger partial charge is 0.337 e. The Labute approximate surface area is 123 Å². The van der Waals surface area contributed by atoms with Gasteiger partial charge in [-0.15, -0.1) is 0 Å². The van der Waals surface area contributed by atoms with Gasteiger partial charge in [-0.25, -0.2) is 14.5 Å². The van der Waals surface area contributed by atoms with Crippen molar-refractivity contribution in [3.8, 4) is 0 Å². The molecule has 1 aromatic heterocycles. The van der Waals surface area contributed by atoms with Gasteiger partial charge in [0.25, 0.3) is 10.0 Å². The van der Waals surface area contributed by atoms with Gasteiger partial charge in [-0.1, -0.05) is 36.4 Å². The number of carbonyl (C=O) groups is 1. The Morgan fingerprint density at radius 1 is 1.05 bits per heavy atom. The molecule has 0 unspecified atom stereocenters. The molecular formula is C14H15N3O3S. The number of hydrogen-bond acceptors (Lipinski definition) is 4.